The number of hydrogen-bond donors (Lipinski definition) is 2. The van der Waals surface area contributed by atoms with Crippen molar-refractivity contribution >= 4 is 73.2 Å². The van der Waals surface area contributed by atoms with Crippen LogP contribution in [0.4, 0.5) is 10.8 Å². The van der Waals surface area contributed by atoms with Crippen molar-refractivity contribution in [1.29, 1.82) is 0 Å². The lowest BCUT2D eigenvalue weighted by molar-refractivity contribution is 0.601. The van der Waals surface area contributed by atoms with Crippen LogP contribution in [0.1, 0.15) is 11.3 Å². The monoisotopic (exact) mass is 541 g/mol. The van der Waals surface area contributed by atoms with Gasteiger partial charge in [-0.1, -0.05) is 34.8 Å². The van der Waals surface area contributed by atoms with E-state index < -0.39 is 15.6 Å². The number of aromatic amines is 1. The lowest BCUT2D eigenvalue weighted by Crippen LogP contribution is -2.18. The van der Waals surface area contributed by atoms with E-state index in [1.165, 1.54) is 64.8 Å². The Kier molecular flexibility index (Phi) is 6.64. The molecule has 0 unspecified atom stereocenters. The first kappa shape index (κ1) is 23.5. The molecule has 0 aliphatic carbocycles. The van der Waals surface area contributed by atoms with Gasteiger partial charge < -0.3 is 0 Å². The van der Waals surface area contributed by atoms with Gasteiger partial charge >= 0.3 is 0 Å². The van der Waals surface area contributed by atoms with Crippen molar-refractivity contribution in [2.24, 2.45) is 4.99 Å². The highest BCUT2D eigenvalue weighted by molar-refractivity contribution is 7.93. The predicted octanol–water partition coefficient (Wildman–Crippen LogP) is 5.44. The molecule has 13 heteroatoms. The molecule has 0 amide bonds. The molecule has 0 aliphatic rings. The van der Waals surface area contributed by atoms with Crippen LogP contribution >= 0.6 is 46.1 Å². The van der Waals surface area contributed by atoms with Gasteiger partial charge in [0.1, 0.15) is 5.69 Å². The molecule has 0 saturated heterocycles. The van der Waals surface area contributed by atoms with Crippen LogP contribution in [0, 0.1) is 6.92 Å². The number of aryl methyl sites for hydroxylation is 1. The van der Waals surface area contributed by atoms with Crippen LogP contribution in [0.2, 0.25) is 15.1 Å². The van der Waals surface area contributed by atoms with Crippen molar-refractivity contribution in [2.45, 2.75) is 11.8 Å². The molecule has 170 valence electrons. The van der Waals surface area contributed by atoms with Gasteiger partial charge in [-0.3, -0.25) is 19.6 Å². The number of nitrogens with zero attached hydrogens (tertiary/aromatic N) is 3. The molecule has 0 atom stereocenters. The molecule has 0 fully saturated rings. The average molecular weight is 543 g/mol. The normalized spacial score (nSPS) is 11.9. The SMILES string of the molecule is Cc1[nH]n(-c2c(Cl)cc(Cl)cc2Cl)c(=O)c1C=Nc1ccc(S(=O)(=O)Nc2nccs2)cc1. The van der Waals surface area contributed by atoms with Gasteiger partial charge in [0.05, 0.1) is 26.2 Å². The number of H-pyrrole nitrogens is 1. The van der Waals surface area contributed by atoms with Gasteiger partial charge in [-0.15, -0.1) is 11.3 Å². The molecule has 0 bridgehead atoms. The number of nitrogens with one attached hydrogen (secondary N) is 2. The summed E-state index contributed by atoms with van der Waals surface area (Å²) < 4.78 is 28.5. The van der Waals surface area contributed by atoms with Crippen molar-refractivity contribution < 1.29 is 8.42 Å². The van der Waals surface area contributed by atoms with E-state index in [2.05, 4.69) is 19.8 Å². The number of aromatic nitrogens is 3. The smallest absolute Gasteiger partial charge is 0.280 e. The first-order chi connectivity index (χ1) is 15.7. The summed E-state index contributed by atoms with van der Waals surface area (Å²) in [4.78, 5) is 21.2. The van der Waals surface area contributed by atoms with E-state index in [1.54, 1.807) is 12.3 Å². The molecule has 2 heterocycles. The zero-order valence-electron chi connectivity index (χ0n) is 16.7. The maximum Gasteiger partial charge on any atom is 0.280 e. The second-order valence-electron chi connectivity index (χ2n) is 6.70. The molecule has 0 aliphatic heterocycles. The molecular weight excluding hydrogens is 529 g/mol. The summed E-state index contributed by atoms with van der Waals surface area (Å²) in [6, 6.07) is 8.86. The number of benzene rings is 2. The number of anilines is 1. The number of hydrogen-bond acceptors (Lipinski definition) is 6. The lowest BCUT2D eigenvalue weighted by Gasteiger charge is -2.07. The Bertz CT molecular complexity index is 1490. The van der Waals surface area contributed by atoms with Crippen molar-refractivity contribution in [3.8, 4) is 5.69 Å². The Morgan fingerprint density at radius 3 is 2.42 bits per heavy atom. The molecular formula is C20H14Cl3N5O3S2. The minimum Gasteiger partial charge on any atom is -0.295 e. The van der Waals surface area contributed by atoms with Gasteiger partial charge in [-0.25, -0.2) is 18.1 Å². The van der Waals surface area contributed by atoms with Crippen molar-refractivity contribution in [1.82, 2.24) is 14.8 Å². The van der Waals surface area contributed by atoms with Gasteiger partial charge in [0, 0.05) is 28.5 Å². The summed E-state index contributed by atoms with van der Waals surface area (Å²) in [5.74, 6) is 0. The summed E-state index contributed by atoms with van der Waals surface area (Å²) in [6.07, 6.45) is 2.89. The summed E-state index contributed by atoms with van der Waals surface area (Å²) in [5.41, 5.74) is 1.15. The van der Waals surface area contributed by atoms with Gasteiger partial charge in [0.15, 0.2) is 5.13 Å². The highest BCUT2D eigenvalue weighted by Crippen LogP contribution is 2.31. The molecule has 4 rings (SSSR count). The maximum atomic E-state index is 12.9. The fraction of sp³-hybridized carbons (Fsp3) is 0.0500. The van der Waals surface area contributed by atoms with E-state index in [0.717, 1.165) is 0 Å². The largest absolute Gasteiger partial charge is 0.295 e. The molecule has 2 aromatic heterocycles. The van der Waals surface area contributed by atoms with E-state index in [-0.39, 0.29) is 25.8 Å². The number of aliphatic imine (C=N–C) groups is 1. The number of rotatable bonds is 6. The van der Waals surface area contributed by atoms with Crippen LogP contribution in [-0.2, 0) is 10.0 Å². The zero-order chi connectivity index (χ0) is 23.8. The van der Waals surface area contributed by atoms with Crippen LogP contribution in [0.5, 0.6) is 0 Å². The molecule has 0 radical (unpaired) electrons. The molecule has 0 saturated carbocycles. The Hall–Kier alpha value is -2.63. The van der Waals surface area contributed by atoms with Gasteiger partial charge in [0.2, 0.25) is 0 Å². The second kappa shape index (κ2) is 9.32. The summed E-state index contributed by atoms with van der Waals surface area (Å²) >= 11 is 19.6. The Labute approximate surface area is 207 Å². The average Bonchev–Trinajstić information content (AvgIpc) is 3.34. The van der Waals surface area contributed by atoms with Gasteiger partial charge in [-0.05, 0) is 43.3 Å². The number of sulfonamides is 1. The third-order valence-electron chi connectivity index (χ3n) is 4.47. The molecule has 2 aromatic carbocycles. The van der Waals surface area contributed by atoms with Crippen LogP contribution < -0.4 is 10.3 Å². The minimum atomic E-state index is -3.77. The molecule has 33 heavy (non-hydrogen) atoms. The van der Waals surface area contributed by atoms with Gasteiger partial charge in [0.25, 0.3) is 15.6 Å². The van der Waals surface area contributed by atoms with Crippen molar-refractivity contribution in [2.75, 3.05) is 4.72 Å². The third kappa shape index (κ3) is 4.99. The quantitative estimate of drug-likeness (QED) is 0.316. The Balaban J connectivity index is 1.60. The summed E-state index contributed by atoms with van der Waals surface area (Å²) in [7, 11) is -3.77. The first-order valence-corrected chi connectivity index (χ1v) is 12.7. The van der Waals surface area contributed by atoms with E-state index in [0.29, 0.717) is 22.0 Å². The Morgan fingerprint density at radius 2 is 1.82 bits per heavy atom. The van der Waals surface area contributed by atoms with Crippen LogP contribution in [-0.4, -0.2) is 29.4 Å². The first-order valence-electron chi connectivity index (χ1n) is 9.18. The summed E-state index contributed by atoms with van der Waals surface area (Å²) in [6.45, 7) is 1.71. The fourth-order valence-corrected chi connectivity index (χ4v) is 5.69. The fourth-order valence-electron chi connectivity index (χ4n) is 2.92. The van der Waals surface area contributed by atoms with Gasteiger partial charge in [-0.2, -0.15) is 0 Å². The highest BCUT2D eigenvalue weighted by Gasteiger charge is 2.17. The lowest BCUT2D eigenvalue weighted by atomic mass is 10.2. The Morgan fingerprint density at radius 1 is 1.15 bits per heavy atom. The standard InChI is InChI=1S/C20H14Cl3N5O3S2/c1-11-15(19(29)28(26-11)18-16(22)8-12(21)9-17(18)23)10-25-13-2-4-14(5-3-13)33(30,31)27-20-24-6-7-32-20/h2-10,26H,1H3,(H,24,27). The van der Waals surface area contributed by atoms with E-state index in [9.17, 15) is 13.2 Å². The van der Waals surface area contributed by atoms with E-state index in [4.69, 9.17) is 34.8 Å². The van der Waals surface area contributed by atoms with Crippen molar-refractivity contribution in [3.63, 3.8) is 0 Å². The zero-order valence-corrected chi connectivity index (χ0v) is 20.6. The molecule has 8 nitrogen and oxygen atoms in total. The molecule has 0 spiro atoms. The van der Waals surface area contributed by atoms with Crippen LogP contribution in [0.3, 0.4) is 0 Å². The number of thiazole rings is 1. The predicted molar refractivity (Wildman–Crippen MR) is 133 cm³/mol. The molecule has 2 N–H and O–H groups in total. The third-order valence-corrected chi connectivity index (χ3v) is 7.43. The highest BCUT2D eigenvalue weighted by atomic mass is 35.5. The van der Waals surface area contributed by atoms with Crippen molar-refractivity contribution in [3.05, 3.63) is 84.7 Å². The maximum absolute atomic E-state index is 12.9. The van der Waals surface area contributed by atoms with Crippen LogP contribution in [0.25, 0.3) is 5.69 Å². The summed E-state index contributed by atoms with van der Waals surface area (Å²) in [5, 5.41) is 5.64. The number of halogens is 3. The molecule has 4 aromatic rings. The van der Waals surface area contributed by atoms with E-state index in [1.807, 2.05) is 0 Å². The van der Waals surface area contributed by atoms with E-state index >= 15 is 0 Å². The second-order valence-corrected chi connectivity index (χ2v) is 10.5. The minimum absolute atomic E-state index is 0.0591. The van der Waals surface area contributed by atoms with Crippen LogP contribution in [0.15, 0.2) is 62.7 Å². The topological polar surface area (TPSA) is 109 Å².